The first-order chi connectivity index (χ1) is 40.3. The average molecular weight is 1180 g/mol. The summed E-state index contributed by atoms with van der Waals surface area (Å²) in [7, 11) is 0. The lowest BCUT2D eigenvalue weighted by Crippen LogP contribution is -2.55. The quantitative estimate of drug-likeness (QED) is 0.219. The highest BCUT2D eigenvalue weighted by Gasteiger charge is 2.45. The minimum absolute atomic E-state index is 0.628. The van der Waals surface area contributed by atoms with Gasteiger partial charge in [0, 0.05) is 151 Å². The van der Waals surface area contributed by atoms with Crippen LogP contribution in [0.5, 0.6) is 0 Å². The zero-order valence-corrected chi connectivity index (χ0v) is 58.1. The van der Waals surface area contributed by atoms with Gasteiger partial charge in [-0.15, -0.1) is 0 Å². The lowest BCUT2D eigenvalue weighted by Gasteiger charge is -2.39. The van der Waals surface area contributed by atoms with Crippen molar-refractivity contribution < 1.29 is 4.74 Å². The molecule has 4 atom stereocenters. The summed E-state index contributed by atoms with van der Waals surface area (Å²) in [6.07, 6.45) is 28.7. The molecule has 0 aromatic heterocycles. The van der Waals surface area contributed by atoms with Gasteiger partial charge in [0.2, 0.25) is 0 Å². The van der Waals surface area contributed by atoms with Gasteiger partial charge in [-0.2, -0.15) is 0 Å². The van der Waals surface area contributed by atoms with Crippen molar-refractivity contribution in [2.75, 3.05) is 144 Å². The second kappa shape index (κ2) is 33.2. The Kier molecular flexibility index (Phi) is 27.4. The fraction of sp³-hybridized carbons (Fsp3) is 1.00. The van der Waals surface area contributed by atoms with Gasteiger partial charge in [-0.3, -0.25) is 19.6 Å². The van der Waals surface area contributed by atoms with Gasteiger partial charge < -0.3 is 39.9 Å². The molecule has 84 heavy (non-hydrogen) atoms. The molecule has 14 rings (SSSR count). The average Bonchev–Trinajstić information content (AvgIpc) is 4.30. The third kappa shape index (κ3) is 19.5. The summed E-state index contributed by atoms with van der Waals surface area (Å²) in [6.45, 7) is 60.8. The molecular weight excluding hydrogens is 1030 g/mol. The summed E-state index contributed by atoms with van der Waals surface area (Å²) in [4.78, 5) is 23.9. The molecule has 12 heteroatoms. The highest BCUT2D eigenvalue weighted by atomic mass is 16.5. The number of rotatable bonds is 10. The van der Waals surface area contributed by atoms with Gasteiger partial charge in [0.05, 0.1) is 0 Å². The van der Waals surface area contributed by atoms with E-state index < -0.39 is 0 Å². The molecule has 1 saturated carbocycles. The van der Waals surface area contributed by atoms with Crippen molar-refractivity contribution in [2.24, 2.45) is 28.1 Å². The number of nitrogens with one attached hydrogen (secondary N) is 2. The largest absolute Gasteiger partial charge is 0.381 e. The van der Waals surface area contributed by atoms with Crippen LogP contribution in [0, 0.1) is 28.1 Å². The fourth-order valence-corrected chi connectivity index (χ4v) is 18.5. The Labute approximate surface area is 521 Å². The van der Waals surface area contributed by atoms with E-state index in [1.165, 1.54) is 259 Å². The second-order valence-corrected chi connectivity index (χ2v) is 32.5. The molecule has 3 unspecified atom stereocenters. The summed E-state index contributed by atoms with van der Waals surface area (Å²) in [5.74, 6) is 1.91. The normalized spacial score (nSPS) is 32.4. The van der Waals surface area contributed by atoms with Crippen LogP contribution in [0.2, 0.25) is 0 Å². The minimum Gasteiger partial charge on any atom is -0.381 e. The summed E-state index contributed by atoms with van der Waals surface area (Å²) in [5.41, 5.74) is 2.08. The predicted molar refractivity (Wildman–Crippen MR) is 359 cm³/mol. The van der Waals surface area contributed by atoms with Crippen molar-refractivity contribution in [1.29, 1.82) is 0 Å². The van der Waals surface area contributed by atoms with Crippen molar-refractivity contribution in [3.8, 4) is 0 Å². The third-order valence-corrected chi connectivity index (χ3v) is 24.4. The maximum atomic E-state index is 5.43. The molecule has 3 spiro atoms. The molecule has 14 aliphatic rings. The Morgan fingerprint density at radius 1 is 0.381 bits per heavy atom. The Morgan fingerprint density at radius 2 is 0.857 bits per heavy atom. The van der Waals surface area contributed by atoms with Crippen LogP contribution in [0.4, 0.5) is 0 Å². The lowest BCUT2D eigenvalue weighted by molar-refractivity contribution is 0.0179. The molecule has 0 aromatic carbocycles. The highest BCUT2D eigenvalue weighted by Crippen LogP contribution is 2.46. The van der Waals surface area contributed by atoms with Gasteiger partial charge in [0.15, 0.2) is 0 Å². The fourth-order valence-electron chi connectivity index (χ4n) is 18.5. The SMILES string of the molecule is CC(C)N1C2CCC1CC2.CC(C)N1CC2CNCC2C1.CC(C)N1CCC(N2CCCC2)C1.CC(C)N1CCC2(CCCC2)C1.CC(C)N1CCC2(CCOCC2)C1.CC(C)N1CCC2(CNC2)C1.CC(C)N1CCC[C@@H]1CN1CCCC1. The summed E-state index contributed by atoms with van der Waals surface area (Å²) >= 11 is 0. The van der Waals surface area contributed by atoms with Crippen molar-refractivity contribution in [3.05, 3.63) is 0 Å². The first-order valence-corrected chi connectivity index (χ1v) is 36.9. The van der Waals surface area contributed by atoms with Crippen LogP contribution in [0.1, 0.15) is 225 Å². The Morgan fingerprint density at radius 3 is 1.27 bits per heavy atom. The molecule has 2 N–H and O–H groups in total. The number of fused-ring (bicyclic) bond motifs is 3. The molecule has 13 aliphatic heterocycles. The molecule has 13 heterocycles. The van der Waals surface area contributed by atoms with Crippen molar-refractivity contribution >= 4 is 0 Å². The number of nitrogens with zero attached hydrogens (tertiary/aromatic N) is 9. The van der Waals surface area contributed by atoms with Crippen LogP contribution in [0.25, 0.3) is 0 Å². The van der Waals surface area contributed by atoms with E-state index >= 15 is 0 Å². The number of ether oxygens (including phenoxy) is 1. The number of hydrogen-bond acceptors (Lipinski definition) is 12. The number of hydrogen-bond donors (Lipinski definition) is 2. The Balaban J connectivity index is 0.000000128. The standard InChI is InChI=1S/C12H24N2.C11H22N2.C11H21NO.C11H21N.2C9H18N2.C9H17N/c1-11(2)14-9-5-6-12(14)10-13-7-3-4-8-13;1-10(2)13-8-5-11(9-13)12-6-3-4-7-12;1-10(2)12-6-3-11(9-12)4-7-13-8-5-11;1-10(2)12-8-7-11(9-12)5-3-4-6-11;1-7(2)11-5-8-3-10-4-9(8)6-11;1-8(2)11-4-3-9(7-11)5-10-6-9;1-7(2)10-8-3-4-9(10)6-5-8/h11-12H,3-10H2,1-2H3;10-11H,3-9H2,1-2H3;10H,3-9H2,1-2H3;10H,3-9H2,1-2H3;7-10H,3-6H2,1-2H3;8,10H,3-7H2,1-2H3;7-9H,3-6H2,1-2H3/t12-;;;;;;/m1....../s1. The third-order valence-electron chi connectivity index (χ3n) is 24.4. The molecule has 0 radical (unpaired) electrons. The molecule has 0 aromatic rings. The first-order valence-electron chi connectivity index (χ1n) is 36.9. The highest BCUT2D eigenvalue weighted by molar-refractivity contribution is 5.01. The Bertz CT molecular complexity index is 1780. The van der Waals surface area contributed by atoms with Gasteiger partial charge >= 0.3 is 0 Å². The van der Waals surface area contributed by atoms with E-state index in [0.29, 0.717) is 10.8 Å². The van der Waals surface area contributed by atoms with E-state index in [-0.39, 0.29) is 0 Å². The predicted octanol–water partition coefficient (Wildman–Crippen LogP) is 11.3. The van der Waals surface area contributed by atoms with Gasteiger partial charge in [-0.25, -0.2) is 0 Å². The van der Waals surface area contributed by atoms with Crippen molar-refractivity contribution in [3.63, 3.8) is 0 Å². The van der Waals surface area contributed by atoms with Gasteiger partial charge in [0.25, 0.3) is 0 Å². The molecule has 14 fully saturated rings. The molecule has 0 amide bonds. The molecular formula is C72H141N11O. The van der Waals surface area contributed by atoms with Crippen molar-refractivity contribution in [1.82, 2.24) is 54.7 Å². The van der Waals surface area contributed by atoms with Gasteiger partial charge in [-0.05, 0) is 301 Å². The van der Waals surface area contributed by atoms with E-state index in [1.807, 2.05) is 0 Å². The number of likely N-dealkylation sites (tertiary alicyclic amines) is 8. The van der Waals surface area contributed by atoms with E-state index in [1.54, 1.807) is 0 Å². The van der Waals surface area contributed by atoms with E-state index in [2.05, 4.69) is 152 Å². The molecule has 490 valence electrons. The maximum Gasteiger partial charge on any atom is 0.0471 e. The molecule has 2 bridgehead atoms. The lowest BCUT2D eigenvalue weighted by atomic mass is 9.80. The van der Waals surface area contributed by atoms with E-state index in [4.69, 9.17) is 4.74 Å². The van der Waals surface area contributed by atoms with E-state index in [9.17, 15) is 0 Å². The first kappa shape index (κ1) is 69.4. The van der Waals surface area contributed by atoms with Crippen LogP contribution >= 0.6 is 0 Å². The molecule has 12 nitrogen and oxygen atoms in total. The maximum absolute atomic E-state index is 5.43. The van der Waals surface area contributed by atoms with Gasteiger partial charge in [-0.1, -0.05) is 12.8 Å². The van der Waals surface area contributed by atoms with Crippen LogP contribution < -0.4 is 10.6 Å². The topological polar surface area (TPSA) is 62.5 Å². The summed E-state index contributed by atoms with van der Waals surface area (Å²) in [6, 6.07) is 8.92. The van der Waals surface area contributed by atoms with Crippen LogP contribution in [-0.2, 0) is 4.74 Å². The van der Waals surface area contributed by atoms with Crippen LogP contribution in [-0.4, -0.2) is 255 Å². The molecule has 13 saturated heterocycles. The monoisotopic (exact) mass is 1180 g/mol. The summed E-state index contributed by atoms with van der Waals surface area (Å²) in [5, 5.41) is 6.83. The smallest absolute Gasteiger partial charge is 0.0471 e. The van der Waals surface area contributed by atoms with Crippen LogP contribution in [0.15, 0.2) is 0 Å². The van der Waals surface area contributed by atoms with Crippen molar-refractivity contribution in [2.45, 2.75) is 292 Å². The van der Waals surface area contributed by atoms with E-state index in [0.717, 1.165) is 96.9 Å². The Hall–Kier alpha value is -0.480. The van der Waals surface area contributed by atoms with Gasteiger partial charge in [0.1, 0.15) is 0 Å². The zero-order valence-electron chi connectivity index (χ0n) is 58.1. The van der Waals surface area contributed by atoms with Crippen LogP contribution in [0.3, 0.4) is 0 Å². The summed E-state index contributed by atoms with van der Waals surface area (Å²) < 4.78 is 5.43. The molecule has 1 aliphatic carbocycles. The zero-order chi connectivity index (χ0) is 60.0. The minimum atomic E-state index is 0.628. The second-order valence-electron chi connectivity index (χ2n) is 32.5.